The number of likely N-dealkylation sites (N-methyl/N-ethyl adjacent to an activating group) is 1. The van der Waals surface area contributed by atoms with E-state index in [1.165, 1.54) is 12.0 Å². The summed E-state index contributed by atoms with van der Waals surface area (Å²) in [7, 11) is -2.24. The molecule has 0 bridgehead atoms. The third kappa shape index (κ3) is 6.71. The molecule has 0 radical (unpaired) electrons. The zero-order chi connectivity index (χ0) is 23.7. The highest BCUT2D eigenvalue weighted by Crippen LogP contribution is 2.22. The van der Waals surface area contributed by atoms with E-state index in [9.17, 15) is 18.0 Å². The fourth-order valence-electron chi connectivity index (χ4n) is 3.35. The van der Waals surface area contributed by atoms with Crippen molar-refractivity contribution < 1.29 is 22.7 Å². The SMILES string of the molecule is CCNC(=O)[C@H](CC)N(Cc1ccccc1)C(=O)CN(c1ccc(OC)cc1)S(C)(=O)=O. The number of ether oxygens (including phenoxy) is 1. The van der Waals surface area contributed by atoms with E-state index in [2.05, 4.69) is 5.32 Å². The molecule has 0 heterocycles. The van der Waals surface area contributed by atoms with Crippen LogP contribution in [0.15, 0.2) is 54.6 Å². The monoisotopic (exact) mass is 461 g/mol. The number of amides is 2. The largest absolute Gasteiger partial charge is 0.497 e. The van der Waals surface area contributed by atoms with Crippen LogP contribution < -0.4 is 14.4 Å². The van der Waals surface area contributed by atoms with E-state index in [1.807, 2.05) is 44.2 Å². The van der Waals surface area contributed by atoms with Gasteiger partial charge in [0.2, 0.25) is 21.8 Å². The topological polar surface area (TPSA) is 96.0 Å². The third-order valence-corrected chi connectivity index (χ3v) is 6.11. The Morgan fingerprint density at radius 3 is 2.16 bits per heavy atom. The van der Waals surface area contributed by atoms with E-state index in [4.69, 9.17) is 4.74 Å². The van der Waals surface area contributed by atoms with Crippen LogP contribution in [0, 0.1) is 0 Å². The molecule has 9 heteroatoms. The Morgan fingerprint density at radius 1 is 1.03 bits per heavy atom. The molecule has 0 saturated carbocycles. The van der Waals surface area contributed by atoms with Crippen LogP contribution in [0.3, 0.4) is 0 Å². The first-order valence-electron chi connectivity index (χ1n) is 10.4. The van der Waals surface area contributed by atoms with Crippen molar-refractivity contribution in [3.8, 4) is 5.75 Å². The van der Waals surface area contributed by atoms with Gasteiger partial charge in [0.25, 0.3) is 0 Å². The lowest BCUT2D eigenvalue weighted by atomic mass is 10.1. The van der Waals surface area contributed by atoms with Gasteiger partial charge in [-0.05, 0) is 43.2 Å². The second kappa shape index (κ2) is 11.5. The van der Waals surface area contributed by atoms with Crippen molar-refractivity contribution in [3.05, 3.63) is 60.2 Å². The van der Waals surface area contributed by atoms with Gasteiger partial charge in [-0.2, -0.15) is 0 Å². The van der Waals surface area contributed by atoms with Gasteiger partial charge in [-0.3, -0.25) is 13.9 Å². The molecule has 2 aromatic carbocycles. The second-order valence-electron chi connectivity index (χ2n) is 7.29. The van der Waals surface area contributed by atoms with Gasteiger partial charge >= 0.3 is 0 Å². The van der Waals surface area contributed by atoms with Crippen LogP contribution in [0.4, 0.5) is 5.69 Å². The van der Waals surface area contributed by atoms with E-state index >= 15 is 0 Å². The van der Waals surface area contributed by atoms with E-state index < -0.39 is 28.5 Å². The van der Waals surface area contributed by atoms with Crippen molar-refractivity contribution in [2.24, 2.45) is 0 Å². The summed E-state index contributed by atoms with van der Waals surface area (Å²) < 4.78 is 31.2. The molecule has 32 heavy (non-hydrogen) atoms. The molecule has 0 spiro atoms. The highest BCUT2D eigenvalue weighted by molar-refractivity contribution is 7.92. The van der Waals surface area contributed by atoms with Crippen LogP contribution in [-0.4, -0.2) is 57.6 Å². The van der Waals surface area contributed by atoms with Crippen LogP contribution in [0.5, 0.6) is 5.75 Å². The molecule has 1 N–H and O–H groups in total. The smallest absolute Gasteiger partial charge is 0.244 e. The number of rotatable bonds is 11. The van der Waals surface area contributed by atoms with Crippen LogP contribution in [0.25, 0.3) is 0 Å². The highest BCUT2D eigenvalue weighted by atomic mass is 32.2. The number of hydrogen-bond donors (Lipinski definition) is 1. The van der Waals surface area contributed by atoms with Gasteiger partial charge in [-0.1, -0.05) is 37.3 Å². The predicted molar refractivity (Wildman–Crippen MR) is 125 cm³/mol. The van der Waals surface area contributed by atoms with Gasteiger partial charge < -0.3 is 15.0 Å². The number of nitrogens with zero attached hydrogens (tertiary/aromatic N) is 2. The summed E-state index contributed by atoms with van der Waals surface area (Å²) in [5.41, 5.74) is 1.19. The maximum atomic E-state index is 13.4. The third-order valence-electron chi connectivity index (χ3n) is 4.97. The summed E-state index contributed by atoms with van der Waals surface area (Å²) in [5.74, 6) is -0.163. The fraction of sp³-hybridized carbons (Fsp3) is 0.391. The summed E-state index contributed by atoms with van der Waals surface area (Å²) in [4.78, 5) is 27.6. The average Bonchev–Trinajstić information content (AvgIpc) is 2.77. The fourth-order valence-corrected chi connectivity index (χ4v) is 4.20. The molecule has 0 aromatic heterocycles. The molecule has 174 valence electrons. The normalized spacial score (nSPS) is 12.0. The highest BCUT2D eigenvalue weighted by Gasteiger charge is 2.31. The van der Waals surface area contributed by atoms with Crippen LogP contribution in [0.2, 0.25) is 0 Å². The average molecular weight is 462 g/mol. The number of carbonyl (C=O) groups excluding carboxylic acids is 2. The molecular formula is C23H31N3O5S. The van der Waals surface area contributed by atoms with E-state index in [1.54, 1.807) is 24.3 Å². The Balaban J connectivity index is 2.39. The van der Waals surface area contributed by atoms with Gasteiger partial charge in [0.1, 0.15) is 18.3 Å². The first kappa shape index (κ1) is 25.2. The Hall–Kier alpha value is -3.07. The molecule has 8 nitrogen and oxygen atoms in total. The van der Waals surface area contributed by atoms with Crippen molar-refractivity contribution in [2.75, 3.05) is 30.8 Å². The number of methoxy groups -OCH3 is 1. The van der Waals surface area contributed by atoms with Crippen LogP contribution >= 0.6 is 0 Å². The van der Waals surface area contributed by atoms with Crippen molar-refractivity contribution >= 4 is 27.5 Å². The van der Waals surface area contributed by atoms with Crippen molar-refractivity contribution in [2.45, 2.75) is 32.9 Å². The van der Waals surface area contributed by atoms with Gasteiger partial charge in [-0.15, -0.1) is 0 Å². The number of carbonyl (C=O) groups is 2. The molecule has 0 unspecified atom stereocenters. The maximum Gasteiger partial charge on any atom is 0.244 e. The summed E-state index contributed by atoms with van der Waals surface area (Å²) in [6.07, 6.45) is 1.44. The van der Waals surface area contributed by atoms with Gasteiger partial charge in [-0.25, -0.2) is 8.42 Å². The molecule has 0 aliphatic carbocycles. The Morgan fingerprint density at radius 2 is 1.66 bits per heavy atom. The number of nitrogens with one attached hydrogen (secondary N) is 1. The number of hydrogen-bond acceptors (Lipinski definition) is 5. The molecular weight excluding hydrogens is 430 g/mol. The predicted octanol–water partition coefficient (Wildman–Crippen LogP) is 2.40. The molecule has 2 amide bonds. The van der Waals surface area contributed by atoms with Crippen molar-refractivity contribution in [1.82, 2.24) is 10.2 Å². The lowest BCUT2D eigenvalue weighted by Crippen LogP contribution is -2.52. The zero-order valence-electron chi connectivity index (χ0n) is 18.9. The minimum absolute atomic E-state index is 0.190. The minimum Gasteiger partial charge on any atom is -0.497 e. The molecule has 2 rings (SSSR count). The summed E-state index contributed by atoms with van der Waals surface area (Å²) in [6, 6.07) is 15.0. The maximum absolute atomic E-state index is 13.4. The van der Waals surface area contributed by atoms with Crippen LogP contribution in [-0.2, 0) is 26.2 Å². The number of sulfonamides is 1. The first-order chi connectivity index (χ1) is 15.2. The summed E-state index contributed by atoms with van der Waals surface area (Å²) in [5, 5.41) is 2.77. The number of anilines is 1. The van der Waals surface area contributed by atoms with E-state index in [0.717, 1.165) is 16.1 Å². The summed E-state index contributed by atoms with van der Waals surface area (Å²) in [6.45, 7) is 3.83. The number of benzene rings is 2. The van der Waals surface area contributed by atoms with Crippen molar-refractivity contribution in [1.29, 1.82) is 0 Å². The molecule has 0 fully saturated rings. The Labute approximate surface area is 190 Å². The lowest BCUT2D eigenvalue weighted by Gasteiger charge is -2.32. The standard InChI is InChI=1S/C23H31N3O5S/c1-5-21(23(28)24-6-2)25(16-18-10-8-7-9-11-18)22(27)17-26(32(4,29)30)19-12-14-20(31-3)15-13-19/h7-15,21H,5-6,16-17H2,1-4H3,(H,24,28)/t21-/m0/s1. The van der Waals surface area contributed by atoms with Gasteiger partial charge in [0.15, 0.2) is 0 Å². The van der Waals surface area contributed by atoms with Crippen LogP contribution in [0.1, 0.15) is 25.8 Å². The quantitative estimate of drug-likeness (QED) is 0.554. The molecule has 0 aliphatic rings. The van der Waals surface area contributed by atoms with Gasteiger partial charge in [0, 0.05) is 13.1 Å². The molecule has 0 aliphatic heterocycles. The molecule has 1 atom stereocenters. The van der Waals surface area contributed by atoms with Crippen molar-refractivity contribution in [3.63, 3.8) is 0 Å². The summed E-state index contributed by atoms with van der Waals surface area (Å²) >= 11 is 0. The zero-order valence-corrected chi connectivity index (χ0v) is 19.8. The Bertz CT molecular complexity index is 994. The first-order valence-corrected chi connectivity index (χ1v) is 12.3. The molecule has 2 aromatic rings. The van der Waals surface area contributed by atoms with E-state index in [-0.39, 0.29) is 12.5 Å². The lowest BCUT2D eigenvalue weighted by molar-refractivity contribution is -0.140. The Kier molecular flexibility index (Phi) is 9.07. The molecule has 0 saturated heterocycles. The van der Waals surface area contributed by atoms with Gasteiger partial charge in [0.05, 0.1) is 19.1 Å². The minimum atomic E-state index is -3.76. The van der Waals surface area contributed by atoms with E-state index in [0.29, 0.717) is 24.4 Å². The second-order valence-corrected chi connectivity index (χ2v) is 9.20.